The average molecular weight is 215 g/mol. The van der Waals surface area contributed by atoms with Crippen molar-refractivity contribution in [2.75, 3.05) is 5.32 Å². The minimum Gasteiger partial charge on any atom is -0.369 e. The zero-order valence-electron chi connectivity index (χ0n) is 8.97. The molecule has 1 aromatic carbocycles. The van der Waals surface area contributed by atoms with Crippen LogP contribution in [-0.2, 0) is 4.79 Å². The molecular weight excluding hydrogens is 202 g/mol. The number of rotatable bonds is 2. The molecule has 0 fully saturated rings. The molecule has 0 saturated heterocycles. The zero-order valence-corrected chi connectivity index (χ0v) is 8.97. The molecule has 16 heavy (non-hydrogen) atoms. The first-order valence-electron chi connectivity index (χ1n) is 5.07. The van der Waals surface area contributed by atoms with E-state index in [9.17, 15) is 4.79 Å². The number of aliphatic imine (C=N–C) groups is 1. The number of carbonyl (C=O) groups excluding carboxylic acids is 1. The Kier molecular flexibility index (Phi) is 2.72. The van der Waals surface area contributed by atoms with Gasteiger partial charge in [0.25, 0.3) is 0 Å². The molecule has 3 N–H and O–H groups in total. The monoisotopic (exact) mass is 215 g/mol. The van der Waals surface area contributed by atoms with Crippen LogP contribution in [0.15, 0.2) is 41.2 Å². The van der Waals surface area contributed by atoms with Crippen molar-refractivity contribution in [3.8, 4) is 0 Å². The highest BCUT2D eigenvalue weighted by molar-refractivity contribution is 5.90. The highest BCUT2D eigenvalue weighted by Gasteiger charge is 2.15. The van der Waals surface area contributed by atoms with Gasteiger partial charge in [0, 0.05) is 23.7 Å². The first kappa shape index (κ1) is 10.4. The fraction of sp³-hybridized carbons (Fsp3) is 0.167. The molecule has 1 aliphatic heterocycles. The number of primary amides is 1. The predicted molar refractivity (Wildman–Crippen MR) is 64.1 cm³/mol. The van der Waals surface area contributed by atoms with E-state index in [2.05, 4.69) is 10.3 Å². The molecule has 1 amide bonds. The summed E-state index contributed by atoms with van der Waals surface area (Å²) in [5.74, 6) is -0.769. The summed E-state index contributed by atoms with van der Waals surface area (Å²) in [7, 11) is 0. The topological polar surface area (TPSA) is 67.5 Å². The number of carbonyl (C=O) groups is 1. The Bertz CT molecular complexity index is 477. The quantitative estimate of drug-likeness (QED) is 0.784. The lowest BCUT2D eigenvalue weighted by molar-refractivity contribution is -0.120. The lowest BCUT2D eigenvalue weighted by Crippen LogP contribution is -2.22. The lowest BCUT2D eigenvalue weighted by atomic mass is 10.1. The van der Waals surface area contributed by atoms with Crippen molar-refractivity contribution in [1.29, 1.82) is 0 Å². The number of nitrogens with one attached hydrogen (secondary N) is 1. The minimum absolute atomic E-state index is 0.379. The Morgan fingerprint density at radius 3 is 2.94 bits per heavy atom. The van der Waals surface area contributed by atoms with Crippen LogP contribution < -0.4 is 11.1 Å². The first-order chi connectivity index (χ1) is 7.68. The van der Waals surface area contributed by atoms with Gasteiger partial charge in [-0.25, -0.2) is 0 Å². The van der Waals surface area contributed by atoms with Crippen molar-refractivity contribution < 1.29 is 4.79 Å². The van der Waals surface area contributed by atoms with Crippen molar-refractivity contribution >= 4 is 17.8 Å². The molecule has 0 bridgehead atoms. The van der Waals surface area contributed by atoms with Crippen LogP contribution >= 0.6 is 0 Å². The summed E-state index contributed by atoms with van der Waals surface area (Å²) in [6.07, 6.45) is 3.46. The van der Waals surface area contributed by atoms with Crippen molar-refractivity contribution in [1.82, 2.24) is 0 Å². The largest absolute Gasteiger partial charge is 0.369 e. The first-order valence-corrected chi connectivity index (χ1v) is 5.07. The summed E-state index contributed by atoms with van der Waals surface area (Å²) in [5, 5.41) is 3.12. The number of fused-ring (bicyclic) bond motifs is 1. The summed E-state index contributed by atoms with van der Waals surface area (Å²) in [4.78, 5) is 15.3. The summed E-state index contributed by atoms with van der Waals surface area (Å²) >= 11 is 0. The van der Waals surface area contributed by atoms with Crippen LogP contribution in [0.3, 0.4) is 0 Å². The Morgan fingerprint density at radius 2 is 2.19 bits per heavy atom. The van der Waals surface area contributed by atoms with E-state index in [0.717, 1.165) is 11.3 Å². The molecule has 1 heterocycles. The second-order valence-electron chi connectivity index (χ2n) is 3.68. The molecule has 0 spiro atoms. The van der Waals surface area contributed by atoms with E-state index >= 15 is 0 Å². The number of benzene rings is 1. The number of hydrogen-bond acceptors (Lipinski definition) is 3. The Labute approximate surface area is 93.9 Å². The molecule has 1 aromatic rings. The zero-order chi connectivity index (χ0) is 11.5. The standard InChI is InChI=1S/C12H13N3O/c1-8(12(13)16)11-7-15-10-5-3-2-4-9(10)6-14-11/h2-8,15H,1H3,(H2,13,16). The number of hydrogen-bond donors (Lipinski definition) is 2. The van der Waals surface area contributed by atoms with Gasteiger partial charge in [-0.1, -0.05) is 18.2 Å². The molecule has 1 unspecified atom stereocenters. The van der Waals surface area contributed by atoms with E-state index in [0.29, 0.717) is 5.70 Å². The SMILES string of the molecule is CC(C(N)=O)C1=CNc2ccccc2C=N1. The van der Waals surface area contributed by atoms with E-state index in [-0.39, 0.29) is 5.91 Å². The number of nitrogens with zero attached hydrogens (tertiary/aromatic N) is 1. The van der Waals surface area contributed by atoms with Crippen molar-refractivity contribution in [2.24, 2.45) is 16.6 Å². The van der Waals surface area contributed by atoms with E-state index in [4.69, 9.17) is 5.73 Å². The summed E-state index contributed by atoms with van der Waals surface area (Å²) in [6, 6.07) is 7.79. The van der Waals surface area contributed by atoms with Crippen LogP contribution in [0.4, 0.5) is 5.69 Å². The molecule has 0 aromatic heterocycles. The normalized spacial score (nSPS) is 15.4. The smallest absolute Gasteiger partial charge is 0.226 e. The van der Waals surface area contributed by atoms with E-state index in [1.54, 1.807) is 19.3 Å². The third-order valence-electron chi connectivity index (χ3n) is 2.56. The Hall–Kier alpha value is -2.10. The van der Waals surface area contributed by atoms with Gasteiger partial charge in [-0.2, -0.15) is 0 Å². The maximum Gasteiger partial charge on any atom is 0.226 e. The summed E-state index contributed by atoms with van der Waals surface area (Å²) in [6.45, 7) is 1.74. The second kappa shape index (κ2) is 4.18. The summed E-state index contributed by atoms with van der Waals surface area (Å²) < 4.78 is 0. The third kappa shape index (κ3) is 1.95. The lowest BCUT2D eigenvalue weighted by Gasteiger charge is -2.06. The molecule has 4 heteroatoms. The van der Waals surface area contributed by atoms with E-state index in [1.807, 2.05) is 24.3 Å². The number of amides is 1. The second-order valence-corrected chi connectivity index (χ2v) is 3.68. The van der Waals surface area contributed by atoms with Crippen LogP contribution in [0.2, 0.25) is 0 Å². The van der Waals surface area contributed by atoms with Gasteiger partial charge in [0.15, 0.2) is 0 Å². The van der Waals surface area contributed by atoms with Gasteiger partial charge in [0.2, 0.25) is 5.91 Å². The van der Waals surface area contributed by atoms with Crippen molar-refractivity contribution in [3.63, 3.8) is 0 Å². The molecule has 0 saturated carbocycles. The highest BCUT2D eigenvalue weighted by atomic mass is 16.1. The van der Waals surface area contributed by atoms with Crippen molar-refractivity contribution in [3.05, 3.63) is 41.7 Å². The van der Waals surface area contributed by atoms with Gasteiger partial charge in [0.05, 0.1) is 11.6 Å². The van der Waals surface area contributed by atoms with Gasteiger partial charge in [-0.3, -0.25) is 9.79 Å². The van der Waals surface area contributed by atoms with Gasteiger partial charge >= 0.3 is 0 Å². The van der Waals surface area contributed by atoms with Crippen LogP contribution in [0, 0.1) is 5.92 Å². The third-order valence-corrected chi connectivity index (χ3v) is 2.56. The molecule has 2 rings (SSSR count). The van der Waals surface area contributed by atoms with Gasteiger partial charge in [0.1, 0.15) is 0 Å². The number of nitrogens with two attached hydrogens (primary N) is 1. The highest BCUT2D eigenvalue weighted by Crippen LogP contribution is 2.20. The Morgan fingerprint density at radius 1 is 1.44 bits per heavy atom. The minimum atomic E-state index is -0.391. The van der Waals surface area contributed by atoms with Gasteiger partial charge in [-0.15, -0.1) is 0 Å². The Balaban J connectivity index is 2.31. The molecule has 1 aliphatic rings. The molecule has 0 radical (unpaired) electrons. The maximum absolute atomic E-state index is 11.1. The van der Waals surface area contributed by atoms with E-state index in [1.165, 1.54) is 0 Å². The molecule has 0 aliphatic carbocycles. The van der Waals surface area contributed by atoms with Crippen molar-refractivity contribution in [2.45, 2.75) is 6.92 Å². The van der Waals surface area contributed by atoms with Crippen LogP contribution in [0.1, 0.15) is 12.5 Å². The fourth-order valence-electron chi connectivity index (χ4n) is 1.46. The molecule has 82 valence electrons. The number of anilines is 1. The molecule has 4 nitrogen and oxygen atoms in total. The number of para-hydroxylation sites is 1. The fourth-order valence-corrected chi connectivity index (χ4v) is 1.46. The van der Waals surface area contributed by atoms with Crippen LogP contribution in [0.5, 0.6) is 0 Å². The van der Waals surface area contributed by atoms with Crippen LogP contribution in [0.25, 0.3) is 0 Å². The average Bonchev–Trinajstić information content (AvgIpc) is 2.50. The van der Waals surface area contributed by atoms with Gasteiger partial charge in [-0.05, 0) is 13.0 Å². The van der Waals surface area contributed by atoms with E-state index < -0.39 is 5.92 Å². The van der Waals surface area contributed by atoms with Crippen LogP contribution in [-0.4, -0.2) is 12.1 Å². The summed E-state index contributed by atoms with van der Waals surface area (Å²) in [5.41, 5.74) is 7.85. The maximum atomic E-state index is 11.1. The molecular formula is C12H13N3O. The predicted octanol–water partition coefficient (Wildman–Crippen LogP) is 1.49. The van der Waals surface area contributed by atoms with Gasteiger partial charge < -0.3 is 11.1 Å². The molecule has 1 atom stereocenters.